The van der Waals surface area contributed by atoms with Gasteiger partial charge in [0.25, 0.3) is 0 Å². The van der Waals surface area contributed by atoms with Crippen LogP contribution in [0.1, 0.15) is 36.3 Å². The maximum Gasteiger partial charge on any atom is 0.124 e. The maximum atomic E-state index is 10.4. The van der Waals surface area contributed by atoms with Gasteiger partial charge in [0.15, 0.2) is 0 Å². The standard InChI is InChI=1S/C22H24N2OS/c25-19-12-6-5-11-17(19)21-20(16-9-3-1-4-10-16)22(26)18(23-21)15-24-13-7-2-8-14-24/h1,3-6,9-12,18,20,25H,2,7-8,13-15H2/t18-,20+/m1/s1. The lowest BCUT2D eigenvalue weighted by Gasteiger charge is -2.28. The Hall–Kier alpha value is -2.04. The molecule has 2 aliphatic heterocycles. The molecule has 1 saturated heterocycles. The molecule has 0 aliphatic carbocycles. The molecule has 0 radical (unpaired) electrons. The lowest BCUT2D eigenvalue weighted by atomic mass is 9.87. The van der Waals surface area contributed by atoms with Crippen molar-refractivity contribution in [2.45, 2.75) is 31.2 Å². The van der Waals surface area contributed by atoms with E-state index in [1.165, 1.54) is 19.3 Å². The smallest absolute Gasteiger partial charge is 0.124 e. The van der Waals surface area contributed by atoms with Crippen LogP contribution in [0.15, 0.2) is 59.6 Å². The first-order chi connectivity index (χ1) is 12.7. The molecule has 1 N–H and O–H groups in total. The zero-order valence-electron chi connectivity index (χ0n) is 14.8. The number of rotatable bonds is 4. The van der Waals surface area contributed by atoms with E-state index >= 15 is 0 Å². The van der Waals surface area contributed by atoms with E-state index in [0.717, 1.165) is 41.3 Å². The van der Waals surface area contributed by atoms with Gasteiger partial charge in [0.2, 0.25) is 0 Å². The van der Waals surface area contributed by atoms with Crippen molar-refractivity contribution in [3.8, 4) is 5.75 Å². The quantitative estimate of drug-likeness (QED) is 0.826. The van der Waals surface area contributed by atoms with Crippen LogP contribution in [0, 0.1) is 0 Å². The first-order valence-electron chi connectivity index (χ1n) is 9.41. The highest BCUT2D eigenvalue weighted by Crippen LogP contribution is 2.35. The number of hydrogen-bond donors (Lipinski definition) is 1. The third-order valence-electron chi connectivity index (χ3n) is 5.37. The zero-order chi connectivity index (χ0) is 17.9. The Morgan fingerprint density at radius 3 is 2.38 bits per heavy atom. The summed E-state index contributed by atoms with van der Waals surface area (Å²) in [5.41, 5.74) is 2.85. The summed E-state index contributed by atoms with van der Waals surface area (Å²) in [5, 5.41) is 10.4. The van der Waals surface area contributed by atoms with Gasteiger partial charge in [-0.15, -0.1) is 0 Å². The molecule has 0 bridgehead atoms. The Morgan fingerprint density at radius 2 is 1.65 bits per heavy atom. The predicted octanol–water partition coefficient (Wildman–Crippen LogP) is 4.20. The fourth-order valence-electron chi connectivity index (χ4n) is 4.03. The van der Waals surface area contributed by atoms with Gasteiger partial charge >= 0.3 is 0 Å². The number of hydrogen-bond acceptors (Lipinski definition) is 4. The van der Waals surface area contributed by atoms with E-state index in [1.54, 1.807) is 6.07 Å². The van der Waals surface area contributed by atoms with Gasteiger partial charge in [0.1, 0.15) is 5.75 Å². The van der Waals surface area contributed by atoms with Crippen molar-refractivity contribution in [3.63, 3.8) is 0 Å². The number of piperidine rings is 1. The molecular formula is C22H24N2OS. The third-order valence-corrected chi connectivity index (χ3v) is 5.88. The Kier molecular flexibility index (Phi) is 5.14. The van der Waals surface area contributed by atoms with Gasteiger partial charge in [0.05, 0.1) is 17.7 Å². The highest BCUT2D eigenvalue weighted by molar-refractivity contribution is 7.80. The average Bonchev–Trinajstić information content (AvgIpc) is 3.00. The summed E-state index contributed by atoms with van der Waals surface area (Å²) in [5.74, 6) is 0.239. The number of nitrogens with zero attached hydrogens (tertiary/aromatic N) is 2. The summed E-state index contributed by atoms with van der Waals surface area (Å²) in [6.45, 7) is 3.16. The normalized spacial score (nSPS) is 23.8. The Bertz CT molecular complexity index is 812. The number of aliphatic imine (C=N–C) groups is 1. The number of phenolic OH excluding ortho intramolecular Hbond substituents is 1. The molecule has 1 fully saturated rings. The van der Waals surface area contributed by atoms with Gasteiger partial charge in [-0.05, 0) is 43.6 Å². The maximum absolute atomic E-state index is 10.4. The second-order valence-corrected chi connectivity index (χ2v) is 7.63. The van der Waals surface area contributed by atoms with Crippen LogP contribution in [0.2, 0.25) is 0 Å². The molecule has 0 amide bonds. The second-order valence-electron chi connectivity index (χ2n) is 7.15. The number of phenols is 1. The second kappa shape index (κ2) is 7.68. The van der Waals surface area contributed by atoms with E-state index in [2.05, 4.69) is 17.0 Å². The summed E-state index contributed by atoms with van der Waals surface area (Å²) in [6.07, 6.45) is 3.85. The van der Waals surface area contributed by atoms with Gasteiger partial charge in [-0.25, -0.2) is 0 Å². The van der Waals surface area contributed by atoms with E-state index in [4.69, 9.17) is 17.2 Å². The number of benzene rings is 2. The van der Waals surface area contributed by atoms with Gasteiger partial charge in [0, 0.05) is 17.0 Å². The molecule has 0 unspecified atom stereocenters. The topological polar surface area (TPSA) is 35.8 Å². The lowest BCUT2D eigenvalue weighted by Crippen LogP contribution is -2.38. The van der Waals surface area contributed by atoms with Crippen LogP contribution in [0.4, 0.5) is 0 Å². The van der Waals surface area contributed by atoms with E-state index in [9.17, 15) is 5.11 Å². The van der Waals surface area contributed by atoms with Crippen molar-refractivity contribution >= 4 is 22.8 Å². The van der Waals surface area contributed by atoms with Crippen molar-refractivity contribution in [2.24, 2.45) is 4.99 Å². The van der Waals surface area contributed by atoms with Crippen molar-refractivity contribution in [1.29, 1.82) is 0 Å². The average molecular weight is 365 g/mol. The van der Waals surface area contributed by atoms with Gasteiger partial charge < -0.3 is 10.0 Å². The molecule has 2 aromatic rings. The van der Waals surface area contributed by atoms with Crippen LogP contribution in [-0.2, 0) is 0 Å². The number of para-hydroxylation sites is 1. The molecule has 4 heteroatoms. The van der Waals surface area contributed by atoms with Crippen LogP contribution in [0.25, 0.3) is 0 Å². The van der Waals surface area contributed by atoms with E-state index in [1.807, 2.05) is 36.4 Å². The minimum atomic E-state index is -0.0331. The van der Waals surface area contributed by atoms with Crippen LogP contribution < -0.4 is 0 Å². The fraction of sp³-hybridized carbons (Fsp3) is 0.364. The van der Waals surface area contributed by atoms with Gasteiger partial charge in [-0.3, -0.25) is 4.99 Å². The molecule has 0 aromatic heterocycles. The van der Waals surface area contributed by atoms with E-state index in [0.29, 0.717) is 0 Å². The number of likely N-dealkylation sites (tertiary alicyclic amines) is 1. The first kappa shape index (κ1) is 17.4. The van der Waals surface area contributed by atoms with E-state index < -0.39 is 0 Å². The molecule has 26 heavy (non-hydrogen) atoms. The molecular weight excluding hydrogens is 340 g/mol. The van der Waals surface area contributed by atoms with Crippen molar-refractivity contribution in [2.75, 3.05) is 19.6 Å². The molecule has 0 spiro atoms. The van der Waals surface area contributed by atoms with Crippen molar-refractivity contribution in [3.05, 3.63) is 65.7 Å². The van der Waals surface area contributed by atoms with Gasteiger partial charge in [-0.1, -0.05) is 61.1 Å². The summed E-state index contributed by atoms with van der Waals surface area (Å²) in [4.78, 5) is 8.48. The van der Waals surface area contributed by atoms with Crippen molar-refractivity contribution < 1.29 is 5.11 Å². The molecule has 3 nitrogen and oxygen atoms in total. The van der Waals surface area contributed by atoms with Crippen LogP contribution in [-0.4, -0.2) is 46.3 Å². The Morgan fingerprint density at radius 1 is 0.962 bits per heavy atom. The first-order valence-corrected chi connectivity index (χ1v) is 9.82. The summed E-state index contributed by atoms with van der Waals surface area (Å²) in [6, 6.07) is 17.8. The van der Waals surface area contributed by atoms with Crippen molar-refractivity contribution in [1.82, 2.24) is 4.90 Å². The van der Waals surface area contributed by atoms with Gasteiger partial charge in [-0.2, -0.15) is 0 Å². The lowest BCUT2D eigenvalue weighted by molar-refractivity contribution is 0.228. The van der Waals surface area contributed by atoms with Crippen LogP contribution >= 0.6 is 12.2 Å². The number of thiocarbonyl (C=S) groups is 1. The highest BCUT2D eigenvalue weighted by Gasteiger charge is 2.37. The van der Waals surface area contributed by atoms with Crippen LogP contribution in [0.5, 0.6) is 5.75 Å². The molecule has 4 rings (SSSR count). The van der Waals surface area contributed by atoms with Crippen LogP contribution in [0.3, 0.4) is 0 Å². The molecule has 2 aromatic carbocycles. The minimum Gasteiger partial charge on any atom is -0.507 e. The fourth-order valence-corrected chi connectivity index (χ4v) is 4.41. The largest absolute Gasteiger partial charge is 0.507 e. The molecule has 2 atom stereocenters. The van der Waals surface area contributed by atoms with E-state index in [-0.39, 0.29) is 17.7 Å². The molecule has 2 heterocycles. The molecule has 2 aliphatic rings. The monoisotopic (exact) mass is 364 g/mol. The summed E-state index contributed by atoms with van der Waals surface area (Å²) < 4.78 is 0. The Labute approximate surface area is 160 Å². The number of aromatic hydroxyl groups is 1. The predicted molar refractivity (Wildman–Crippen MR) is 111 cm³/mol. The highest BCUT2D eigenvalue weighted by atomic mass is 32.1. The molecule has 0 saturated carbocycles. The zero-order valence-corrected chi connectivity index (χ0v) is 15.7. The minimum absolute atomic E-state index is 0.0166. The third kappa shape index (κ3) is 3.44. The summed E-state index contributed by atoms with van der Waals surface area (Å²) >= 11 is 5.91. The molecule has 134 valence electrons. The Balaban J connectivity index is 1.69. The SMILES string of the molecule is Oc1ccccc1C1=N[C@H](CN2CCCCC2)C(=S)[C@H]1c1ccccc1. The summed E-state index contributed by atoms with van der Waals surface area (Å²) in [7, 11) is 0.